The van der Waals surface area contributed by atoms with Crippen molar-refractivity contribution in [3.05, 3.63) is 83.7 Å². The standard InChI is InChI=1S/C23H19N3O5S/c1-15-13-26(19-6-2-3-7-20(19)31-15)32(29,30)17-10-8-16(9-11-17)14-25-22(27)18-5-4-12-24-21(18)23(25)28/h2-12,15H,13-14H2,1H3/t15-/m0/s1. The van der Waals surface area contributed by atoms with Gasteiger partial charge in [0.25, 0.3) is 21.8 Å². The van der Waals surface area contributed by atoms with Crippen LogP contribution in [0.1, 0.15) is 33.3 Å². The fourth-order valence-corrected chi connectivity index (χ4v) is 5.46. The summed E-state index contributed by atoms with van der Waals surface area (Å²) in [6, 6.07) is 16.4. The first kappa shape index (κ1) is 20.2. The molecule has 2 aromatic carbocycles. The van der Waals surface area contributed by atoms with Crippen LogP contribution in [0.4, 0.5) is 5.69 Å². The lowest BCUT2D eigenvalue weighted by atomic mass is 10.2. The van der Waals surface area contributed by atoms with Crippen molar-refractivity contribution in [1.29, 1.82) is 0 Å². The minimum atomic E-state index is -3.82. The van der Waals surface area contributed by atoms with E-state index >= 15 is 0 Å². The number of ether oxygens (including phenoxy) is 1. The molecular weight excluding hydrogens is 430 g/mol. The van der Waals surface area contributed by atoms with E-state index in [0.29, 0.717) is 17.0 Å². The molecule has 2 aliphatic heterocycles. The molecular formula is C23H19N3O5S. The van der Waals surface area contributed by atoms with Crippen LogP contribution in [0.15, 0.2) is 71.8 Å². The van der Waals surface area contributed by atoms with E-state index in [4.69, 9.17) is 4.74 Å². The molecule has 0 bridgehead atoms. The summed E-state index contributed by atoms with van der Waals surface area (Å²) >= 11 is 0. The summed E-state index contributed by atoms with van der Waals surface area (Å²) in [7, 11) is -3.82. The molecule has 2 amide bonds. The van der Waals surface area contributed by atoms with Crippen LogP contribution in [0.25, 0.3) is 0 Å². The average Bonchev–Trinajstić information content (AvgIpc) is 3.04. The quantitative estimate of drug-likeness (QED) is 0.568. The van der Waals surface area contributed by atoms with Gasteiger partial charge < -0.3 is 4.74 Å². The number of pyridine rings is 1. The number of imide groups is 1. The van der Waals surface area contributed by atoms with Crippen molar-refractivity contribution in [2.45, 2.75) is 24.5 Å². The number of fused-ring (bicyclic) bond motifs is 2. The zero-order chi connectivity index (χ0) is 22.5. The van der Waals surface area contributed by atoms with E-state index in [2.05, 4.69) is 4.98 Å². The summed E-state index contributed by atoms with van der Waals surface area (Å²) in [4.78, 5) is 30.3. The Balaban J connectivity index is 1.40. The molecule has 162 valence electrons. The van der Waals surface area contributed by atoms with Gasteiger partial charge in [-0.3, -0.25) is 23.8 Å². The van der Waals surface area contributed by atoms with E-state index in [1.165, 1.54) is 22.6 Å². The fraction of sp³-hybridized carbons (Fsp3) is 0.174. The highest BCUT2D eigenvalue weighted by atomic mass is 32.2. The molecule has 0 unspecified atom stereocenters. The Morgan fingerprint density at radius 3 is 2.50 bits per heavy atom. The topological polar surface area (TPSA) is 96.9 Å². The highest BCUT2D eigenvalue weighted by molar-refractivity contribution is 7.92. The first-order chi connectivity index (χ1) is 15.4. The van der Waals surface area contributed by atoms with Crippen molar-refractivity contribution in [3.8, 4) is 5.75 Å². The minimum Gasteiger partial charge on any atom is -0.487 e. The number of anilines is 1. The van der Waals surface area contributed by atoms with Crippen LogP contribution >= 0.6 is 0 Å². The molecule has 0 fully saturated rings. The lowest BCUT2D eigenvalue weighted by Crippen LogP contribution is -2.42. The molecule has 0 N–H and O–H groups in total. The second-order valence-electron chi connectivity index (χ2n) is 7.67. The number of aromatic nitrogens is 1. The molecule has 3 aromatic rings. The van der Waals surface area contributed by atoms with Gasteiger partial charge in [0.2, 0.25) is 0 Å². The van der Waals surface area contributed by atoms with E-state index in [0.717, 1.165) is 4.90 Å². The highest BCUT2D eigenvalue weighted by Gasteiger charge is 2.37. The molecule has 0 spiro atoms. The lowest BCUT2D eigenvalue weighted by molar-refractivity contribution is 0.0640. The molecule has 0 radical (unpaired) electrons. The Labute approximate surface area is 185 Å². The maximum absolute atomic E-state index is 13.3. The van der Waals surface area contributed by atoms with Crippen molar-refractivity contribution in [2.75, 3.05) is 10.8 Å². The largest absolute Gasteiger partial charge is 0.487 e. The number of carbonyl (C=O) groups excluding carboxylic acids is 2. The SMILES string of the molecule is C[C@H]1CN(S(=O)(=O)c2ccc(CN3C(=O)c4cccnc4C3=O)cc2)c2ccccc2O1. The van der Waals surface area contributed by atoms with Crippen molar-refractivity contribution >= 4 is 27.5 Å². The van der Waals surface area contributed by atoms with Gasteiger partial charge in [-0.1, -0.05) is 24.3 Å². The number of benzene rings is 2. The summed E-state index contributed by atoms with van der Waals surface area (Å²) in [5, 5.41) is 0. The molecule has 3 heterocycles. The third-order valence-electron chi connectivity index (χ3n) is 5.47. The third kappa shape index (κ3) is 3.21. The van der Waals surface area contributed by atoms with E-state index in [-0.39, 0.29) is 35.3 Å². The monoisotopic (exact) mass is 449 g/mol. The lowest BCUT2D eigenvalue weighted by Gasteiger charge is -2.34. The summed E-state index contributed by atoms with van der Waals surface area (Å²) in [6.07, 6.45) is 1.18. The van der Waals surface area contributed by atoms with Crippen molar-refractivity contribution < 1.29 is 22.7 Å². The number of carbonyl (C=O) groups is 2. The van der Waals surface area contributed by atoms with Gasteiger partial charge in [-0.15, -0.1) is 0 Å². The predicted molar refractivity (Wildman–Crippen MR) is 116 cm³/mol. The van der Waals surface area contributed by atoms with E-state index in [1.807, 2.05) is 6.92 Å². The minimum absolute atomic E-state index is 0.0335. The van der Waals surface area contributed by atoms with E-state index < -0.39 is 21.8 Å². The Morgan fingerprint density at radius 1 is 1.00 bits per heavy atom. The van der Waals surface area contributed by atoms with Crippen LogP contribution in [0.3, 0.4) is 0 Å². The molecule has 5 rings (SSSR count). The number of hydrogen-bond donors (Lipinski definition) is 0. The average molecular weight is 449 g/mol. The van der Waals surface area contributed by atoms with Crippen LogP contribution in [0.5, 0.6) is 5.75 Å². The van der Waals surface area contributed by atoms with E-state index in [1.54, 1.807) is 48.5 Å². The number of nitrogens with zero attached hydrogens (tertiary/aromatic N) is 3. The normalized spacial score (nSPS) is 17.7. The number of sulfonamides is 1. The number of rotatable bonds is 4. The Hall–Kier alpha value is -3.72. The summed E-state index contributed by atoms with van der Waals surface area (Å²) in [5.74, 6) is -0.347. The van der Waals surface area contributed by atoms with Crippen molar-refractivity contribution in [3.63, 3.8) is 0 Å². The Bertz CT molecular complexity index is 1300. The molecule has 0 saturated carbocycles. The van der Waals surface area contributed by atoms with Crippen LogP contribution in [0.2, 0.25) is 0 Å². The van der Waals surface area contributed by atoms with Crippen LogP contribution in [-0.2, 0) is 16.6 Å². The number of amides is 2. The Kier molecular flexibility index (Phi) is 4.70. The molecule has 1 atom stereocenters. The highest BCUT2D eigenvalue weighted by Crippen LogP contribution is 2.36. The van der Waals surface area contributed by atoms with Gasteiger partial charge in [0, 0.05) is 6.20 Å². The Morgan fingerprint density at radius 2 is 1.75 bits per heavy atom. The number of para-hydroxylation sites is 2. The van der Waals surface area contributed by atoms with Crippen LogP contribution in [0, 0.1) is 0 Å². The van der Waals surface area contributed by atoms with Crippen molar-refractivity contribution in [1.82, 2.24) is 9.88 Å². The molecule has 32 heavy (non-hydrogen) atoms. The molecule has 9 heteroatoms. The van der Waals surface area contributed by atoms with Gasteiger partial charge in [0.1, 0.15) is 17.5 Å². The molecule has 0 aliphatic carbocycles. The summed E-state index contributed by atoms with van der Waals surface area (Å²) < 4.78 is 33.8. The second-order valence-corrected chi connectivity index (χ2v) is 9.53. The number of hydrogen-bond acceptors (Lipinski definition) is 6. The smallest absolute Gasteiger partial charge is 0.280 e. The molecule has 2 aliphatic rings. The van der Waals surface area contributed by atoms with Gasteiger partial charge in [-0.25, -0.2) is 8.42 Å². The maximum Gasteiger partial charge on any atom is 0.280 e. The van der Waals surface area contributed by atoms with Gasteiger partial charge in [-0.05, 0) is 48.9 Å². The van der Waals surface area contributed by atoms with Crippen LogP contribution in [-0.4, -0.2) is 42.8 Å². The first-order valence-corrected chi connectivity index (χ1v) is 11.5. The van der Waals surface area contributed by atoms with Gasteiger partial charge >= 0.3 is 0 Å². The summed E-state index contributed by atoms with van der Waals surface area (Å²) in [5.41, 5.74) is 1.54. The molecule has 8 nitrogen and oxygen atoms in total. The zero-order valence-electron chi connectivity index (χ0n) is 17.1. The fourth-order valence-electron chi connectivity index (χ4n) is 3.91. The first-order valence-electron chi connectivity index (χ1n) is 10.0. The second kappa shape index (κ2) is 7.45. The van der Waals surface area contributed by atoms with Crippen LogP contribution < -0.4 is 9.04 Å². The maximum atomic E-state index is 13.3. The van der Waals surface area contributed by atoms with Gasteiger partial charge in [0.05, 0.1) is 29.2 Å². The summed E-state index contributed by atoms with van der Waals surface area (Å²) in [6.45, 7) is 2.05. The third-order valence-corrected chi connectivity index (χ3v) is 7.26. The van der Waals surface area contributed by atoms with E-state index in [9.17, 15) is 18.0 Å². The van der Waals surface area contributed by atoms with Gasteiger partial charge in [0.15, 0.2) is 0 Å². The predicted octanol–water partition coefficient (Wildman–Crippen LogP) is 2.85. The van der Waals surface area contributed by atoms with Gasteiger partial charge in [-0.2, -0.15) is 0 Å². The molecule has 0 saturated heterocycles. The van der Waals surface area contributed by atoms with Crippen molar-refractivity contribution in [2.24, 2.45) is 0 Å². The zero-order valence-corrected chi connectivity index (χ0v) is 18.0. The molecule has 1 aromatic heterocycles.